The van der Waals surface area contributed by atoms with Crippen LogP contribution in [0.15, 0.2) is 35.2 Å². The van der Waals surface area contributed by atoms with Gasteiger partial charge in [0.15, 0.2) is 17.3 Å². The van der Waals surface area contributed by atoms with Gasteiger partial charge in [-0.05, 0) is 55.1 Å². The summed E-state index contributed by atoms with van der Waals surface area (Å²) in [6.45, 7) is 0.848. The highest BCUT2D eigenvalue weighted by Crippen LogP contribution is 2.38. The van der Waals surface area contributed by atoms with E-state index in [4.69, 9.17) is 14.2 Å². The highest BCUT2D eigenvalue weighted by Gasteiger charge is 2.13. The van der Waals surface area contributed by atoms with Crippen LogP contribution in [0.4, 0.5) is 0 Å². The van der Waals surface area contributed by atoms with E-state index in [2.05, 4.69) is 5.32 Å². The highest BCUT2D eigenvalue weighted by molar-refractivity contribution is 8.93. The van der Waals surface area contributed by atoms with Gasteiger partial charge in [-0.2, -0.15) is 0 Å². The molecule has 0 aliphatic rings. The van der Waals surface area contributed by atoms with Crippen molar-refractivity contribution in [2.75, 3.05) is 40.7 Å². The molecule has 8 heteroatoms. The minimum Gasteiger partial charge on any atom is -0.507 e. The van der Waals surface area contributed by atoms with Gasteiger partial charge in [0.2, 0.25) is 5.75 Å². The summed E-state index contributed by atoms with van der Waals surface area (Å²) in [4.78, 5) is 13.0. The fraction of sp³-hybridized carbons (Fsp3) is 0.350. The number of ketones is 1. The molecule has 0 saturated heterocycles. The third-order valence-electron chi connectivity index (χ3n) is 4.10. The zero-order chi connectivity index (χ0) is 19.8. The molecule has 2 N–H and O–H groups in total. The third kappa shape index (κ3) is 6.05. The summed E-state index contributed by atoms with van der Waals surface area (Å²) in [7, 11) is 4.73. The molecule has 0 heterocycles. The summed E-state index contributed by atoms with van der Waals surface area (Å²) in [5.74, 6) is 1.95. The van der Waals surface area contributed by atoms with E-state index in [-0.39, 0.29) is 35.1 Å². The number of phenols is 1. The van der Waals surface area contributed by atoms with E-state index in [0.29, 0.717) is 40.7 Å². The quantitative estimate of drug-likeness (QED) is 0.310. The maximum absolute atomic E-state index is 12.3. The van der Waals surface area contributed by atoms with Gasteiger partial charge in [-0.1, -0.05) is 0 Å². The number of nitrogens with one attached hydrogen (secondary N) is 1. The second kappa shape index (κ2) is 11.8. The molecule has 0 radical (unpaired) electrons. The molecule has 2 aromatic carbocycles. The molecule has 154 valence electrons. The zero-order valence-electron chi connectivity index (χ0n) is 16.4. The summed E-state index contributed by atoms with van der Waals surface area (Å²) in [5, 5.41) is 12.9. The van der Waals surface area contributed by atoms with Crippen LogP contribution in [0.2, 0.25) is 0 Å². The molecule has 28 heavy (non-hydrogen) atoms. The van der Waals surface area contributed by atoms with Crippen LogP contribution in [-0.4, -0.2) is 51.6 Å². The van der Waals surface area contributed by atoms with Gasteiger partial charge in [-0.15, -0.1) is 28.7 Å². The number of hydrogen-bond donors (Lipinski definition) is 2. The van der Waals surface area contributed by atoms with Crippen molar-refractivity contribution in [3.05, 3.63) is 41.5 Å². The number of carbonyl (C=O) groups is 1. The van der Waals surface area contributed by atoms with Gasteiger partial charge in [0.25, 0.3) is 0 Å². The third-order valence-corrected chi connectivity index (χ3v) is 4.87. The fourth-order valence-corrected chi connectivity index (χ4v) is 3.19. The first kappa shape index (κ1) is 24.1. The van der Waals surface area contributed by atoms with Gasteiger partial charge in [-0.25, -0.2) is 0 Å². The standard InChI is InChI=1S/C20H25NO5S.BrH/c1-24-17-9-13(10-18(25-2)20(17)26-3)7-8-21-12-16(23)14-5-6-15(22)19(11-14)27-4;/h5-6,9-11,21-22H,7-8,12H2,1-4H3;1H. The number of halogens is 1. The second-order valence-electron chi connectivity index (χ2n) is 5.77. The molecule has 0 saturated carbocycles. The fourth-order valence-electron chi connectivity index (χ4n) is 2.67. The van der Waals surface area contributed by atoms with Crippen molar-refractivity contribution >= 4 is 34.5 Å². The Hall–Kier alpha value is -1.90. The van der Waals surface area contributed by atoms with Gasteiger partial charge >= 0.3 is 0 Å². The van der Waals surface area contributed by atoms with Crippen molar-refractivity contribution in [2.24, 2.45) is 0 Å². The Kier molecular flexibility index (Phi) is 10.2. The van der Waals surface area contributed by atoms with Crippen LogP contribution >= 0.6 is 28.7 Å². The number of phenolic OH excluding ortho intramolecular Hbond substituents is 1. The summed E-state index contributed by atoms with van der Waals surface area (Å²) in [6.07, 6.45) is 2.56. The minimum atomic E-state index is -0.0183. The largest absolute Gasteiger partial charge is 0.507 e. The Morgan fingerprint density at radius 2 is 1.71 bits per heavy atom. The number of ether oxygens (including phenoxy) is 3. The smallest absolute Gasteiger partial charge is 0.203 e. The van der Waals surface area contributed by atoms with Gasteiger partial charge in [0, 0.05) is 10.5 Å². The maximum Gasteiger partial charge on any atom is 0.203 e. The first-order chi connectivity index (χ1) is 13.0. The molecule has 0 aliphatic heterocycles. The van der Waals surface area contributed by atoms with E-state index >= 15 is 0 Å². The lowest BCUT2D eigenvalue weighted by atomic mass is 10.1. The first-order valence-corrected chi connectivity index (χ1v) is 9.66. The molecule has 2 rings (SSSR count). The van der Waals surface area contributed by atoms with Gasteiger partial charge < -0.3 is 24.6 Å². The number of benzene rings is 2. The van der Waals surface area contributed by atoms with Crippen molar-refractivity contribution in [3.63, 3.8) is 0 Å². The monoisotopic (exact) mass is 471 g/mol. The Bertz CT molecular complexity index is 775. The Balaban J connectivity index is 0.00000392. The molecule has 6 nitrogen and oxygen atoms in total. The lowest BCUT2D eigenvalue weighted by molar-refractivity contribution is 0.0991. The minimum absolute atomic E-state index is 0. The highest BCUT2D eigenvalue weighted by atomic mass is 79.9. The molecule has 0 aromatic heterocycles. The first-order valence-electron chi connectivity index (χ1n) is 8.43. The van der Waals surface area contributed by atoms with Crippen LogP contribution < -0.4 is 19.5 Å². The summed E-state index contributed by atoms with van der Waals surface area (Å²) < 4.78 is 16.0. The molecule has 2 aromatic rings. The number of rotatable bonds is 10. The van der Waals surface area contributed by atoms with E-state index in [1.165, 1.54) is 11.8 Å². The van der Waals surface area contributed by atoms with Crippen LogP contribution in [0.5, 0.6) is 23.0 Å². The number of thioether (sulfide) groups is 1. The van der Waals surface area contributed by atoms with E-state index in [1.54, 1.807) is 39.5 Å². The van der Waals surface area contributed by atoms with Crippen LogP contribution in [0.1, 0.15) is 15.9 Å². The van der Waals surface area contributed by atoms with Crippen molar-refractivity contribution in [1.29, 1.82) is 0 Å². The molecule has 0 amide bonds. The number of hydrogen-bond acceptors (Lipinski definition) is 7. The lowest BCUT2D eigenvalue weighted by Gasteiger charge is -2.14. The van der Waals surface area contributed by atoms with Crippen molar-refractivity contribution < 1.29 is 24.1 Å². The summed E-state index contributed by atoms with van der Waals surface area (Å²) in [5.41, 5.74) is 1.59. The second-order valence-corrected chi connectivity index (χ2v) is 6.62. The molecule has 0 unspecified atom stereocenters. The van der Waals surface area contributed by atoms with Crippen molar-refractivity contribution in [2.45, 2.75) is 11.3 Å². The van der Waals surface area contributed by atoms with Crippen LogP contribution in [0.25, 0.3) is 0 Å². The zero-order valence-corrected chi connectivity index (χ0v) is 18.9. The summed E-state index contributed by atoms with van der Waals surface area (Å²) >= 11 is 1.41. The normalized spacial score (nSPS) is 10.1. The number of methoxy groups -OCH3 is 3. The SMILES string of the molecule is Br.COc1cc(CCNCC(=O)c2ccc(O)c(SC)c2)cc(OC)c1OC. The molecule has 0 bridgehead atoms. The van der Waals surface area contributed by atoms with E-state index in [9.17, 15) is 9.90 Å². The number of Topliss-reactive ketones (excluding diaryl/α,β-unsaturated/α-hetero) is 1. The maximum atomic E-state index is 12.3. The number of carbonyl (C=O) groups excluding carboxylic acids is 1. The van der Waals surface area contributed by atoms with Gasteiger partial charge in [0.1, 0.15) is 5.75 Å². The van der Waals surface area contributed by atoms with Crippen LogP contribution in [0.3, 0.4) is 0 Å². The van der Waals surface area contributed by atoms with E-state index < -0.39 is 0 Å². The molecule has 0 fully saturated rings. The average Bonchev–Trinajstić information content (AvgIpc) is 2.70. The van der Waals surface area contributed by atoms with Gasteiger partial charge in [-0.3, -0.25) is 4.79 Å². The molecule has 0 spiro atoms. The molecular formula is C20H26BrNO5S. The predicted octanol–water partition coefficient (Wildman–Crippen LogP) is 3.73. The Labute approximate surface area is 180 Å². The predicted molar refractivity (Wildman–Crippen MR) is 117 cm³/mol. The van der Waals surface area contributed by atoms with E-state index in [0.717, 1.165) is 5.56 Å². The topological polar surface area (TPSA) is 77.0 Å². The summed E-state index contributed by atoms with van der Waals surface area (Å²) in [6, 6.07) is 8.70. The van der Waals surface area contributed by atoms with Gasteiger partial charge in [0.05, 0.1) is 27.9 Å². The van der Waals surface area contributed by atoms with E-state index in [1.807, 2.05) is 18.4 Å². The lowest BCUT2D eigenvalue weighted by Crippen LogP contribution is -2.25. The number of aromatic hydroxyl groups is 1. The Morgan fingerprint density at radius 1 is 1.07 bits per heavy atom. The Morgan fingerprint density at radius 3 is 2.25 bits per heavy atom. The van der Waals surface area contributed by atoms with Crippen molar-refractivity contribution in [3.8, 4) is 23.0 Å². The average molecular weight is 472 g/mol. The van der Waals surface area contributed by atoms with Crippen LogP contribution in [0, 0.1) is 0 Å². The van der Waals surface area contributed by atoms with Crippen LogP contribution in [-0.2, 0) is 6.42 Å². The molecule has 0 aliphatic carbocycles. The molecular weight excluding hydrogens is 446 g/mol. The molecule has 0 atom stereocenters. The van der Waals surface area contributed by atoms with Crippen molar-refractivity contribution in [1.82, 2.24) is 5.32 Å².